The van der Waals surface area contributed by atoms with E-state index in [1.807, 2.05) is 27.7 Å². The number of hydrogen-bond donors (Lipinski definition) is 0. The molecule has 2 aliphatic carbocycles. The van der Waals surface area contributed by atoms with Crippen molar-refractivity contribution in [1.29, 1.82) is 0 Å². The van der Waals surface area contributed by atoms with Crippen LogP contribution in [0.25, 0.3) is 0 Å². The zero-order chi connectivity index (χ0) is 15.3. The van der Waals surface area contributed by atoms with Crippen molar-refractivity contribution >= 4 is 7.12 Å². The van der Waals surface area contributed by atoms with E-state index in [2.05, 4.69) is 6.08 Å². The first-order valence-corrected chi connectivity index (χ1v) is 8.21. The number of rotatable bonds is 2. The van der Waals surface area contributed by atoms with Crippen molar-refractivity contribution in [2.45, 2.75) is 77.4 Å². The molecule has 2 nitrogen and oxygen atoms in total. The Balaban J connectivity index is 1.66. The summed E-state index contributed by atoms with van der Waals surface area (Å²) in [6.07, 6.45) is 8.73. The lowest BCUT2D eigenvalue weighted by molar-refractivity contribution is 0.00578. The molecule has 0 N–H and O–H groups in total. The molecule has 0 spiro atoms. The van der Waals surface area contributed by atoms with Crippen LogP contribution in [0.2, 0.25) is 0 Å². The highest BCUT2D eigenvalue weighted by molar-refractivity contribution is 6.53. The molecule has 4 heteroatoms. The van der Waals surface area contributed by atoms with Crippen LogP contribution in [-0.4, -0.2) is 18.3 Å². The highest BCUT2D eigenvalue weighted by Gasteiger charge is 2.53. The molecule has 2 saturated carbocycles. The van der Waals surface area contributed by atoms with E-state index < -0.39 is 18.3 Å². The Hall–Kier alpha value is -0.605. The van der Waals surface area contributed by atoms with Crippen LogP contribution in [0, 0.1) is 5.92 Å². The number of halogens is 1. The summed E-state index contributed by atoms with van der Waals surface area (Å²) < 4.78 is 26.3. The van der Waals surface area contributed by atoms with Gasteiger partial charge in [0.15, 0.2) is 0 Å². The third kappa shape index (κ3) is 3.12. The van der Waals surface area contributed by atoms with E-state index in [4.69, 9.17) is 9.31 Å². The lowest BCUT2D eigenvalue weighted by Crippen LogP contribution is -2.41. The van der Waals surface area contributed by atoms with Gasteiger partial charge in [0.1, 0.15) is 5.73 Å². The zero-order valence-electron chi connectivity index (χ0n) is 13.7. The molecule has 0 aromatic carbocycles. The van der Waals surface area contributed by atoms with Crippen molar-refractivity contribution in [2.75, 3.05) is 0 Å². The van der Waals surface area contributed by atoms with Crippen molar-refractivity contribution in [3.05, 3.63) is 22.9 Å². The topological polar surface area (TPSA) is 18.5 Å². The normalized spacial score (nSPS) is 28.0. The maximum absolute atomic E-state index is 14.7. The Morgan fingerprint density at radius 2 is 1.57 bits per heavy atom. The van der Waals surface area contributed by atoms with E-state index in [1.165, 1.54) is 18.4 Å². The minimum atomic E-state index is -0.820. The summed E-state index contributed by atoms with van der Waals surface area (Å²) >= 11 is 0. The molecule has 3 fully saturated rings. The summed E-state index contributed by atoms with van der Waals surface area (Å²) in [6.45, 7) is 7.84. The molecule has 0 amide bonds. The number of allylic oxidation sites excluding steroid dienone is 3. The highest BCUT2D eigenvalue weighted by Crippen LogP contribution is 2.41. The largest absolute Gasteiger partial charge is 0.525 e. The van der Waals surface area contributed by atoms with Crippen molar-refractivity contribution in [2.24, 2.45) is 5.92 Å². The van der Waals surface area contributed by atoms with Gasteiger partial charge in [0, 0.05) is 0 Å². The molecule has 21 heavy (non-hydrogen) atoms. The van der Waals surface area contributed by atoms with Crippen LogP contribution < -0.4 is 0 Å². The summed E-state index contributed by atoms with van der Waals surface area (Å²) in [5.41, 5.74) is 1.28. The molecule has 0 aromatic heterocycles. The van der Waals surface area contributed by atoms with Gasteiger partial charge in [0.2, 0.25) is 0 Å². The van der Waals surface area contributed by atoms with Gasteiger partial charge in [0.25, 0.3) is 0 Å². The molecule has 1 aliphatic heterocycles. The zero-order valence-corrected chi connectivity index (χ0v) is 13.7. The van der Waals surface area contributed by atoms with Gasteiger partial charge < -0.3 is 9.31 Å². The monoisotopic (exact) mass is 292 g/mol. The van der Waals surface area contributed by atoms with Crippen molar-refractivity contribution in [3.8, 4) is 0 Å². The standard InChI is InChI=1S/C17H26BFO2/c1-16(2)17(3,4)21-18(20-16)15(19)14-9-7-13(8-10-14)11-12-5-6-12/h11-12H,5-10H2,1-4H3. The number of hydrogen-bond acceptors (Lipinski definition) is 2. The van der Waals surface area contributed by atoms with Gasteiger partial charge in [-0.15, -0.1) is 0 Å². The molecule has 0 radical (unpaired) electrons. The maximum Gasteiger partial charge on any atom is 0.525 e. The fraction of sp³-hybridized carbons (Fsp3) is 0.765. The quantitative estimate of drug-likeness (QED) is 0.540. The van der Waals surface area contributed by atoms with Crippen LogP contribution in [0.5, 0.6) is 0 Å². The molecular weight excluding hydrogens is 266 g/mol. The smallest absolute Gasteiger partial charge is 0.398 e. The predicted octanol–water partition coefficient (Wildman–Crippen LogP) is 4.75. The van der Waals surface area contributed by atoms with Gasteiger partial charge in [0.05, 0.1) is 11.2 Å². The van der Waals surface area contributed by atoms with Crippen LogP contribution in [0.1, 0.15) is 66.2 Å². The molecule has 0 aromatic rings. The molecule has 116 valence electrons. The van der Waals surface area contributed by atoms with E-state index in [1.54, 1.807) is 0 Å². The summed E-state index contributed by atoms with van der Waals surface area (Å²) in [5.74, 6) is 0.818. The lowest BCUT2D eigenvalue weighted by atomic mass is 9.79. The second-order valence-corrected chi connectivity index (χ2v) is 7.70. The van der Waals surface area contributed by atoms with E-state index in [9.17, 15) is 4.39 Å². The Kier molecular flexibility index (Phi) is 3.82. The molecule has 3 rings (SSSR count). The molecule has 3 aliphatic rings. The second-order valence-electron chi connectivity index (χ2n) is 7.70. The van der Waals surface area contributed by atoms with Gasteiger partial charge in [-0.3, -0.25) is 0 Å². The first kappa shape index (κ1) is 15.3. The maximum atomic E-state index is 14.7. The molecule has 0 atom stereocenters. The average molecular weight is 292 g/mol. The first-order chi connectivity index (χ1) is 9.78. The van der Waals surface area contributed by atoms with Crippen molar-refractivity contribution in [1.82, 2.24) is 0 Å². The first-order valence-electron chi connectivity index (χ1n) is 8.21. The summed E-state index contributed by atoms with van der Waals surface area (Å²) in [7, 11) is -0.820. The SMILES string of the molecule is CC1(C)OB(C(F)=C2CCC(=CC3CC3)CC2)OC1(C)C. The van der Waals surface area contributed by atoms with Crippen LogP contribution in [0.15, 0.2) is 22.9 Å². The van der Waals surface area contributed by atoms with Crippen LogP contribution in [-0.2, 0) is 9.31 Å². The molecule has 1 heterocycles. The molecule has 0 bridgehead atoms. The summed E-state index contributed by atoms with van der Waals surface area (Å²) in [6, 6.07) is 0. The van der Waals surface area contributed by atoms with E-state index >= 15 is 0 Å². The summed E-state index contributed by atoms with van der Waals surface area (Å²) in [4.78, 5) is 0. The summed E-state index contributed by atoms with van der Waals surface area (Å²) in [5, 5.41) is 0. The Labute approximate surface area is 127 Å². The Morgan fingerprint density at radius 3 is 2.05 bits per heavy atom. The van der Waals surface area contributed by atoms with Gasteiger partial charge in [-0.25, -0.2) is 4.39 Å². The van der Waals surface area contributed by atoms with E-state index in [0.29, 0.717) is 0 Å². The molecule has 0 unspecified atom stereocenters. The minimum Gasteiger partial charge on any atom is -0.398 e. The molecular formula is C17H26BFO2. The van der Waals surface area contributed by atoms with Gasteiger partial charge in [-0.1, -0.05) is 11.6 Å². The third-order valence-electron chi connectivity index (χ3n) is 5.39. The van der Waals surface area contributed by atoms with Gasteiger partial charge >= 0.3 is 7.12 Å². The average Bonchev–Trinajstić information content (AvgIpc) is 3.17. The Bertz CT molecular complexity index is 461. The van der Waals surface area contributed by atoms with Crippen LogP contribution in [0.4, 0.5) is 4.39 Å². The second kappa shape index (κ2) is 5.24. The van der Waals surface area contributed by atoms with Crippen LogP contribution >= 0.6 is 0 Å². The predicted molar refractivity (Wildman–Crippen MR) is 83.5 cm³/mol. The minimum absolute atomic E-state index is 0.181. The fourth-order valence-corrected chi connectivity index (χ4v) is 2.99. The van der Waals surface area contributed by atoms with Gasteiger partial charge in [-0.2, -0.15) is 0 Å². The van der Waals surface area contributed by atoms with E-state index in [0.717, 1.165) is 37.2 Å². The van der Waals surface area contributed by atoms with Crippen molar-refractivity contribution < 1.29 is 13.7 Å². The van der Waals surface area contributed by atoms with Gasteiger partial charge in [-0.05, 0) is 77.7 Å². The van der Waals surface area contributed by atoms with E-state index in [-0.39, 0.29) is 5.73 Å². The fourth-order valence-electron chi connectivity index (χ4n) is 2.99. The van der Waals surface area contributed by atoms with Crippen molar-refractivity contribution in [3.63, 3.8) is 0 Å². The highest BCUT2D eigenvalue weighted by atomic mass is 19.1. The lowest BCUT2D eigenvalue weighted by Gasteiger charge is -2.32. The third-order valence-corrected chi connectivity index (χ3v) is 5.39. The Morgan fingerprint density at radius 1 is 1.05 bits per heavy atom. The molecule has 1 saturated heterocycles. The van der Waals surface area contributed by atoms with Crippen LogP contribution in [0.3, 0.4) is 0 Å².